The lowest BCUT2D eigenvalue weighted by atomic mass is 10.0. The van der Waals surface area contributed by atoms with Gasteiger partial charge < -0.3 is 10.5 Å². The Balaban J connectivity index is 2.27. The zero-order valence-corrected chi connectivity index (χ0v) is 14.1. The quantitative estimate of drug-likeness (QED) is 0.840. The molecule has 0 atom stereocenters. The lowest BCUT2D eigenvalue weighted by Crippen LogP contribution is -2.24. The van der Waals surface area contributed by atoms with Crippen molar-refractivity contribution < 1.29 is 22.7 Å². The number of primary amides is 1. The summed E-state index contributed by atoms with van der Waals surface area (Å²) in [6.07, 6.45) is 1.71. The van der Waals surface area contributed by atoms with E-state index < -0.39 is 26.3 Å². The molecule has 0 fully saturated rings. The number of benzene rings is 1. The van der Waals surface area contributed by atoms with Gasteiger partial charge in [-0.2, -0.15) is 0 Å². The van der Waals surface area contributed by atoms with E-state index in [1.807, 2.05) is 0 Å². The molecule has 7 heteroatoms. The van der Waals surface area contributed by atoms with E-state index in [0.717, 1.165) is 0 Å². The number of hydrogen-bond donors (Lipinski definition) is 1. The number of carbonyl (C=O) groups excluding carboxylic acids is 2. The Morgan fingerprint density at radius 3 is 2.43 bits per heavy atom. The molecule has 2 rings (SSSR count). The van der Waals surface area contributed by atoms with Crippen molar-refractivity contribution in [2.45, 2.75) is 44.1 Å². The summed E-state index contributed by atoms with van der Waals surface area (Å²) < 4.78 is 29.7. The third-order valence-corrected chi connectivity index (χ3v) is 5.11. The van der Waals surface area contributed by atoms with Crippen LogP contribution in [-0.2, 0) is 30.6 Å². The average molecular weight is 337 g/mol. The fourth-order valence-electron chi connectivity index (χ4n) is 2.37. The minimum atomic E-state index is -3.87. The molecule has 1 aliphatic rings. The molecule has 0 radical (unpaired) electrons. The highest BCUT2D eigenvalue weighted by Gasteiger charge is 2.34. The zero-order valence-electron chi connectivity index (χ0n) is 13.3. The molecule has 0 bridgehead atoms. The molecule has 23 heavy (non-hydrogen) atoms. The number of sulfone groups is 1. The van der Waals surface area contributed by atoms with Crippen LogP contribution >= 0.6 is 0 Å². The van der Waals surface area contributed by atoms with E-state index >= 15 is 0 Å². The van der Waals surface area contributed by atoms with Crippen LogP contribution in [0, 0.1) is 0 Å². The molecule has 6 nitrogen and oxygen atoms in total. The predicted octanol–water partition coefficient (Wildman–Crippen LogP) is 1.57. The number of esters is 1. The molecule has 0 unspecified atom stereocenters. The van der Waals surface area contributed by atoms with Gasteiger partial charge in [-0.1, -0.05) is 12.1 Å². The van der Waals surface area contributed by atoms with Crippen molar-refractivity contribution in [3.63, 3.8) is 0 Å². The Bertz CT molecular complexity index is 800. The molecule has 0 aliphatic carbocycles. The summed E-state index contributed by atoms with van der Waals surface area (Å²) in [7, 11) is -3.87. The van der Waals surface area contributed by atoms with Crippen LogP contribution in [0.2, 0.25) is 0 Å². The first-order chi connectivity index (χ1) is 10.5. The van der Waals surface area contributed by atoms with Crippen LogP contribution in [0.1, 0.15) is 38.3 Å². The first-order valence-corrected chi connectivity index (χ1v) is 8.61. The molecule has 1 heterocycles. The second kappa shape index (κ2) is 5.81. The van der Waals surface area contributed by atoms with Gasteiger partial charge in [-0.05, 0) is 50.5 Å². The van der Waals surface area contributed by atoms with Gasteiger partial charge in [-0.3, -0.25) is 9.59 Å². The Kier molecular flexibility index (Phi) is 4.34. The van der Waals surface area contributed by atoms with Crippen LogP contribution in [0.3, 0.4) is 0 Å². The summed E-state index contributed by atoms with van der Waals surface area (Å²) in [6, 6.07) is 4.73. The summed E-state index contributed by atoms with van der Waals surface area (Å²) in [5.74, 6) is -1.35. The number of fused-ring (bicyclic) bond motifs is 1. The first kappa shape index (κ1) is 17.2. The van der Waals surface area contributed by atoms with Gasteiger partial charge in [0.05, 0.1) is 4.90 Å². The van der Waals surface area contributed by atoms with E-state index in [4.69, 9.17) is 10.5 Å². The van der Waals surface area contributed by atoms with Gasteiger partial charge in [0.2, 0.25) is 9.84 Å². The molecule has 1 aliphatic heterocycles. The zero-order chi connectivity index (χ0) is 17.4. The van der Waals surface area contributed by atoms with Gasteiger partial charge in [-0.25, -0.2) is 8.42 Å². The van der Waals surface area contributed by atoms with Crippen LogP contribution in [-0.4, -0.2) is 25.9 Å². The van der Waals surface area contributed by atoms with E-state index in [1.165, 1.54) is 12.1 Å². The summed E-state index contributed by atoms with van der Waals surface area (Å²) >= 11 is 0. The van der Waals surface area contributed by atoms with Gasteiger partial charge in [-0.15, -0.1) is 0 Å². The molecule has 1 aromatic carbocycles. The maximum Gasteiger partial charge on any atom is 0.306 e. The fourth-order valence-corrected chi connectivity index (χ4v) is 3.88. The Morgan fingerprint density at radius 1 is 1.22 bits per heavy atom. The van der Waals surface area contributed by atoms with Crippen LogP contribution in [0.4, 0.5) is 0 Å². The highest BCUT2D eigenvalue weighted by atomic mass is 32.2. The lowest BCUT2D eigenvalue weighted by molar-refractivity contribution is -0.154. The molecule has 1 aromatic rings. The molecule has 0 saturated carbocycles. The van der Waals surface area contributed by atoms with E-state index in [-0.39, 0.29) is 17.3 Å². The standard InChI is InChI=1S/C16H19NO5S/c1-16(2,3)22-14(18)8-7-10-5-4-6-12-11(10)9-13(15(17)19)23(12,20)21/h4-6,9H,7-8H2,1-3H3,(H2,17,19). The molecule has 0 saturated heterocycles. The summed E-state index contributed by atoms with van der Waals surface area (Å²) in [5.41, 5.74) is 5.64. The summed E-state index contributed by atoms with van der Waals surface area (Å²) in [4.78, 5) is 22.8. The van der Waals surface area contributed by atoms with Crippen molar-refractivity contribution in [1.82, 2.24) is 0 Å². The van der Waals surface area contributed by atoms with Crippen molar-refractivity contribution in [1.29, 1.82) is 0 Å². The summed E-state index contributed by atoms with van der Waals surface area (Å²) in [5, 5.41) is 0. The molecule has 1 amide bonds. The van der Waals surface area contributed by atoms with Crippen LogP contribution < -0.4 is 5.73 Å². The Hall–Kier alpha value is -2.15. The van der Waals surface area contributed by atoms with Gasteiger partial charge in [0.15, 0.2) is 0 Å². The maximum atomic E-state index is 12.2. The van der Waals surface area contributed by atoms with E-state index in [9.17, 15) is 18.0 Å². The van der Waals surface area contributed by atoms with Gasteiger partial charge >= 0.3 is 5.97 Å². The minimum absolute atomic E-state index is 0.0491. The molecular weight excluding hydrogens is 318 g/mol. The summed E-state index contributed by atoms with van der Waals surface area (Å²) in [6.45, 7) is 5.33. The van der Waals surface area contributed by atoms with E-state index in [1.54, 1.807) is 32.9 Å². The highest BCUT2D eigenvalue weighted by Crippen LogP contribution is 2.35. The smallest absolute Gasteiger partial charge is 0.306 e. The topological polar surface area (TPSA) is 104 Å². The second-order valence-corrected chi connectivity index (χ2v) is 8.18. The number of amides is 1. The van der Waals surface area contributed by atoms with Crippen LogP contribution in [0.5, 0.6) is 0 Å². The Labute approximate surface area is 135 Å². The monoisotopic (exact) mass is 337 g/mol. The maximum absolute atomic E-state index is 12.2. The van der Waals surface area contributed by atoms with Crippen molar-refractivity contribution in [3.8, 4) is 0 Å². The van der Waals surface area contributed by atoms with Gasteiger partial charge in [0.25, 0.3) is 5.91 Å². The highest BCUT2D eigenvalue weighted by molar-refractivity contribution is 7.96. The number of ether oxygens (including phenoxy) is 1. The van der Waals surface area contributed by atoms with E-state index in [2.05, 4.69) is 0 Å². The molecule has 124 valence electrons. The van der Waals surface area contributed by atoms with Crippen molar-refractivity contribution in [2.75, 3.05) is 0 Å². The van der Waals surface area contributed by atoms with Crippen LogP contribution in [0.15, 0.2) is 28.0 Å². The molecular formula is C16H19NO5S. The third kappa shape index (κ3) is 3.61. The molecule has 0 aromatic heterocycles. The van der Waals surface area contributed by atoms with Crippen molar-refractivity contribution in [2.24, 2.45) is 5.73 Å². The largest absolute Gasteiger partial charge is 0.460 e. The molecule has 2 N–H and O–H groups in total. The van der Waals surface area contributed by atoms with Crippen molar-refractivity contribution in [3.05, 3.63) is 34.2 Å². The average Bonchev–Trinajstić information content (AvgIpc) is 2.67. The van der Waals surface area contributed by atoms with Gasteiger partial charge in [0.1, 0.15) is 10.5 Å². The Morgan fingerprint density at radius 2 is 1.87 bits per heavy atom. The number of nitrogens with two attached hydrogens (primary N) is 1. The van der Waals surface area contributed by atoms with Gasteiger partial charge in [0, 0.05) is 6.42 Å². The number of rotatable bonds is 4. The second-order valence-electron chi connectivity index (χ2n) is 6.29. The van der Waals surface area contributed by atoms with E-state index in [0.29, 0.717) is 17.5 Å². The number of hydrogen-bond acceptors (Lipinski definition) is 5. The first-order valence-electron chi connectivity index (χ1n) is 7.13. The third-order valence-electron chi connectivity index (χ3n) is 3.27. The SMILES string of the molecule is CC(C)(C)OC(=O)CCc1cccc2c1C=C(C(N)=O)S2(=O)=O. The fraction of sp³-hybridized carbons (Fsp3) is 0.375. The predicted molar refractivity (Wildman–Crippen MR) is 85.0 cm³/mol. The van der Waals surface area contributed by atoms with Crippen LogP contribution in [0.25, 0.3) is 6.08 Å². The molecule has 0 spiro atoms. The number of carbonyl (C=O) groups is 2. The minimum Gasteiger partial charge on any atom is -0.460 e. The lowest BCUT2D eigenvalue weighted by Gasteiger charge is -2.19. The number of aryl methyl sites for hydroxylation is 1. The van der Waals surface area contributed by atoms with Crippen molar-refractivity contribution >= 4 is 27.8 Å². The normalized spacial score (nSPS) is 15.7.